The van der Waals surface area contributed by atoms with Crippen LogP contribution in [0.15, 0.2) is 27.8 Å². The van der Waals surface area contributed by atoms with Crippen molar-refractivity contribution in [3.8, 4) is 11.1 Å². The van der Waals surface area contributed by atoms with Crippen molar-refractivity contribution >= 4 is 5.84 Å². The predicted molar refractivity (Wildman–Crippen MR) is 75.7 cm³/mol. The molecule has 0 radical (unpaired) electrons. The Morgan fingerprint density at radius 2 is 1.71 bits per heavy atom. The van der Waals surface area contributed by atoms with Crippen LogP contribution in [0.5, 0.6) is 0 Å². The van der Waals surface area contributed by atoms with Crippen molar-refractivity contribution in [1.29, 1.82) is 0 Å². The van der Waals surface area contributed by atoms with Gasteiger partial charge in [0.25, 0.3) is 5.56 Å². The first-order valence-corrected chi connectivity index (χ1v) is 7.28. The molecule has 3 aromatic heterocycles. The van der Waals surface area contributed by atoms with Crippen LogP contribution in [0.3, 0.4) is 0 Å². The zero-order valence-electron chi connectivity index (χ0n) is 13.6. The van der Waals surface area contributed by atoms with Crippen molar-refractivity contribution in [3.63, 3.8) is 0 Å². The second kappa shape index (κ2) is 6.04. The number of fused-ring (bicyclic) bond motifs is 1. The second-order valence-corrected chi connectivity index (χ2v) is 5.76. The van der Waals surface area contributed by atoms with Gasteiger partial charge in [-0.15, -0.1) is 0 Å². The average molecular weight is 416 g/mol. The molecule has 0 N–H and O–H groups in total. The summed E-state index contributed by atoms with van der Waals surface area (Å²) >= 11 is 0. The quantitative estimate of drug-likeness (QED) is 0.612. The summed E-state index contributed by atoms with van der Waals surface area (Å²) in [6, 6.07) is 0. The van der Waals surface area contributed by atoms with Crippen LogP contribution in [0.1, 0.15) is 11.5 Å². The van der Waals surface area contributed by atoms with Gasteiger partial charge in [-0.2, -0.15) is 45.2 Å². The molecular weight excluding hydrogens is 408 g/mol. The Morgan fingerprint density at radius 3 is 2.29 bits per heavy atom. The van der Waals surface area contributed by atoms with Crippen LogP contribution in [0.4, 0.5) is 35.1 Å². The molecule has 3 heterocycles. The van der Waals surface area contributed by atoms with Gasteiger partial charge in [0.2, 0.25) is 0 Å². The molecule has 3 aromatic rings. The minimum Gasteiger partial charge on any atom is -0.428 e. The molecule has 0 saturated carbocycles. The van der Waals surface area contributed by atoms with E-state index in [0.29, 0.717) is 16.8 Å². The van der Waals surface area contributed by atoms with Crippen LogP contribution in [0, 0.1) is 6.92 Å². The zero-order chi connectivity index (χ0) is 21.1. The number of hydrogen-bond acceptors (Lipinski definition) is 4. The van der Waals surface area contributed by atoms with Gasteiger partial charge in [-0.3, -0.25) is 9.48 Å². The number of halogens is 8. The van der Waals surface area contributed by atoms with Crippen molar-refractivity contribution in [2.24, 2.45) is 0 Å². The summed E-state index contributed by atoms with van der Waals surface area (Å²) in [6.45, 7) is -0.627. The number of hydrogen-bond donors (Lipinski definition) is 0. The van der Waals surface area contributed by atoms with E-state index in [1.165, 1.54) is 6.92 Å². The SMILES string of the molecule is Cc1cn2c(=O)c(-c3cnn(CC(F)(F)C(F)(F)F)c3)c(C(F)(F)F)nc2o1. The highest BCUT2D eigenvalue weighted by Gasteiger charge is 2.57. The third-order valence-electron chi connectivity index (χ3n) is 3.61. The first-order chi connectivity index (χ1) is 12.7. The highest BCUT2D eigenvalue weighted by atomic mass is 19.4. The first-order valence-electron chi connectivity index (χ1n) is 7.28. The molecule has 28 heavy (non-hydrogen) atoms. The smallest absolute Gasteiger partial charge is 0.428 e. The molecule has 14 heteroatoms. The normalized spacial score (nSPS) is 13.5. The van der Waals surface area contributed by atoms with Gasteiger partial charge in [-0.25, -0.2) is 4.40 Å². The van der Waals surface area contributed by atoms with E-state index < -0.39 is 53.0 Å². The van der Waals surface area contributed by atoms with Gasteiger partial charge < -0.3 is 4.42 Å². The van der Waals surface area contributed by atoms with Gasteiger partial charge in [0.1, 0.15) is 12.3 Å². The third-order valence-corrected chi connectivity index (χ3v) is 3.61. The fraction of sp³-hybridized carbons (Fsp3) is 0.357. The third kappa shape index (κ3) is 3.33. The summed E-state index contributed by atoms with van der Waals surface area (Å²) in [5.74, 6) is -5.77. The minimum atomic E-state index is -5.88. The molecule has 0 aliphatic rings. The molecule has 0 atom stereocenters. The summed E-state index contributed by atoms with van der Waals surface area (Å²) in [5, 5.41) is 3.21. The molecule has 0 fully saturated rings. The molecule has 0 unspecified atom stereocenters. The Balaban J connectivity index is 2.15. The van der Waals surface area contributed by atoms with E-state index in [9.17, 15) is 39.9 Å². The van der Waals surface area contributed by atoms with Crippen molar-refractivity contribution in [1.82, 2.24) is 19.2 Å². The summed E-state index contributed by atoms with van der Waals surface area (Å²) < 4.78 is 109. The largest absolute Gasteiger partial charge is 0.455 e. The summed E-state index contributed by atoms with van der Waals surface area (Å²) in [5.41, 5.74) is -4.63. The number of rotatable bonds is 3. The topological polar surface area (TPSA) is 65.3 Å². The molecule has 6 nitrogen and oxygen atoms in total. The first kappa shape index (κ1) is 19.8. The van der Waals surface area contributed by atoms with Gasteiger partial charge in [0.15, 0.2) is 5.69 Å². The highest BCUT2D eigenvalue weighted by molar-refractivity contribution is 5.65. The Kier molecular flexibility index (Phi) is 4.27. The Labute approximate surface area is 149 Å². The predicted octanol–water partition coefficient (Wildman–Crippen LogP) is 3.68. The molecule has 0 saturated heterocycles. The van der Waals surface area contributed by atoms with Crippen molar-refractivity contribution in [3.05, 3.63) is 40.4 Å². The van der Waals surface area contributed by atoms with Crippen LogP contribution in [-0.4, -0.2) is 31.3 Å². The lowest BCUT2D eigenvalue weighted by atomic mass is 10.1. The summed E-state index contributed by atoms with van der Waals surface area (Å²) in [7, 11) is 0. The highest BCUT2D eigenvalue weighted by Crippen LogP contribution is 2.37. The number of aryl methyl sites for hydroxylation is 1. The van der Waals surface area contributed by atoms with E-state index in [0.717, 1.165) is 6.20 Å². The van der Waals surface area contributed by atoms with Gasteiger partial charge in [-0.05, 0) is 6.92 Å². The molecule has 3 rings (SSSR count). The zero-order valence-corrected chi connectivity index (χ0v) is 13.6. The molecule has 0 aliphatic heterocycles. The van der Waals surface area contributed by atoms with Crippen LogP contribution in [-0.2, 0) is 12.7 Å². The monoisotopic (exact) mass is 416 g/mol. The molecule has 0 aromatic carbocycles. The van der Waals surface area contributed by atoms with E-state index in [4.69, 9.17) is 4.42 Å². The Hall–Kier alpha value is -2.93. The fourth-order valence-electron chi connectivity index (χ4n) is 2.39. The van der Waals surface area contributed by atoms with Crippen LogP contribution < -0.4 is 5.56 Å². The van der Waals surface area contributed by atoms with E-state index in [1.54, 1.807) is 0 Å². The van der Waals surface area contributed by atoms with Crippen molar-refractivity contribution < 1.29 is 39.5 Å². The maximum atomic E-state index is 13.3. The second-order valence-electron chi connectivity index (χ2n) is 5.76. The van der Waals surface area contributed by atoms with Gasteiger partial charge >= 0.3 is 24.1 Å². The lowest BCUT2D eigenvalue weighted by Crippen LogP contribution is -2.40. The molecule has 0 bridgehead atoms. The van der Waals surface area contributed by atoms with Crippen molar-refractivity contribution in [2.45, 2.75) is 31.7 Å². The molecule has 0 aliphatic carbocycles. The van der Waals surface area contributed by atoms with E-state index in [-0.39, 0.29) is 10.4 Å². The van der Waals surface area contributed by atoms with Gasteiger partial charge in [-0.1, -0.05) is 0 Å². The fourth-order valence-corrected chi connectivity index (χ4v) is 2.39. The van der Waals surface area contributed by atoms with Crippen LogP contribution >= 0.6 is 0 Å². The molecule has 152 valence electrons. The maximum Gasteiger partial charge on any atom is 0.455 e. The Bertz CT molecular complexity index is 1090. The molecule has 0 amide bonds. The van der Waals surface area contributed by atoms with Crippen LogP contribution in [0.25, 0.3) is 17.0 Å². The average Bonchev–Trinajstić information content (AvgIpc) is 3.10. The van der Waals surface area contributed by atoms with Crippen LogP contribution in [0.2, 0.25) is 0 Å². The van der Waals surface area contributed by atoms with E-state index in [2.05, 4.69) is 10.1 Å². The lowest BCUT2D eigenvalue weighted by molar-refractivity contribution is -0.287. The minimum absolute atomic E-state index is 0.0652. The lowest BCUT2D eigenvalue weighted by Gasteiger charge is -2.19. The maximum absolute atomic E-state index is 13.3. The van der Waals surface area contributed by atoms with Gasteiger partial charge in [0.05, 0.1) is 18.0 Å². The number of aromatic nitrogens is 4. The number of nitrogens with zero attached hydrogens (tertiary/aromatic N) is 4. The van der Waals surface area contributed by atoms with E-state index in [1.807, 2.05) is 0 Å². The Morgan fingerprint density at radius 1 is 1.07 bits per heavy atom. The molecule has 0 spiro atoms. The van der Waals surface area contributed by atoms with Crippen molar-refractivity contribution in [2.75, 3.05) is 0 Å². The summed E-state index contributed by atoms with van der Waals surface area (Å²) in [6.07, 6.45) is -8.92. The number of oxazole rings is 1. The number of alkyl halides is 8. The van der Waals surface area contributed by atoms with Gasteiger partial charge in [0, 0.05) is 11.8 Å². The molecular formula is C14H8F8N4O2. The summed E-state index contributed by atoms with van der Waals surface area (Å²) in [4.78, 5) is 15.7. The van der Waals surface area contributed by atoms with E-state index >= 15 is 0 Å². The standard InChI is InChI=1S/C14H8F8N4O2/c1-6-3-26-10(27)8(9(13(17,18)19)24-11(26)28-6)7-2-23-25(4-7)5-12(15,16)14(20,21)22/h2-4H,5H2,1H3.